The number of hydrogen-bond acceptors (Lipinski definition) is 2. The van der Waals surface area contributed by atoms with Gasteiger partial charge in [0.15, 0.2) is 0 Å². The number of rotatable bonds is 4. The monoisotopic (exact) mass is 285 g/mol. The number of carbonyl (C=O) groups is 2. The normalized spacial score (nSPS) is 9.88. The van der Waals surface area contributed by atoms with E-state index in [0.29, 0.717) is 5.56 Å². The number of carboxylic acid groups (broad SMARTS) is 1. The lowest BCUT2D eigenvalue weighted by molar-refractivity contribution is -0.136. The molecule has 0 saturated carbocycles. The van der Waals surface area contributed by atoms with Gasteiger partial charge in [0.05, 0.1) is 6.42 Å². The number of carboxylic acids is 1. The van der Waals surface area contributed by atoms with Gasteiger partial charge in [-0.1, -0.05) is 15.9 Å². The largest absolute Gasteiger partial charge is 0.481 e. The third-order valence-corrected chi connectivity index (χ3v) is 2.55. The molecule has 86 valence electrons. The molecule has 5 heteroatoms. The summed E-state index contributed by atoms with van der Waals surface area (Å²) in [6.07, 6.45) is -0.0681. The molecule has 0 fully saturated rings. The molecule has 16 heavy (non-hydrogen) atoms. The van der Waals surface area contributed by atoms with E-state index in [1.807, 2.05) is 13.0 Å². The molecule has 0 aliphatic carbocycles. The number of hydrogen-bond donors (Lipinski definition) is 2. The molecule has 0 aliphatic heterocycles. The summed E-state index contributed by atoms with van der Waals surface area (Å²) in [5.41, 5.74) is 1.41. The highest BCUT2D eigenvalue weighted by molar-refractivity contribution is 9.10. The van der Waals surface area contributed by atoms with E-state index in [1.165, 1.54) is 0 Å². The predicted octanol–water partition coefficient (Wildman–Crippen LogP) is 1.96. The van der Waals surface area contributed by atoms with E-state index in [0.717, 1.165) is 10.0 Å². The fourth-order valence-electron chi connectivity index (χ4n) is 1.26. The van der Waals surface area contributed by atoms with Crippen LogP contribution >= 0.6 is 15.9 Å². The molecule has 0 radical (unpaired) electrons. The Balaban J connectivity index is 2.63. The Kier molecular flexibility index (Phi) is 4.49. The first-order valence-corrected chi connectivity index (χ1v) is 5.56. The second-order valence-corrected chi connectivity index (χ2v) is 4.27. The van der Waals surface area contributed by atoms with Gasteiger partial charge in [-0.25, -0.2) is 0 Å². The summed E-state index contributed by atoms with van der Waals surface area (Å²) in [5.74, 6) is -1.17. The number of nitrogens with one attached hydrogen (secondary N) is 1. The molecule has 0 atom stereocenters. The Morgan fingerprint density at radius 2 is 2.12 bits per heavy atom. The Morgan fingerprint density at radius 1 is 1.44 bits per heavy atom. The van der Waals surface area contributed by atoms with Crippen LogP contribution in [0.1, 0.15) is 22.3 Å². The molecule has 1 rings (SSSR count). The van der Waals surface area contributed by atoms with Crippen molar-refractivity contribution in [3.63, 3.8) is 0 Å². The van der Waals surface area contributed by atoms with Crippen LogP contribution in [0.5, 0.6) is 0 Å². The van der Waals surface area contributed by atoms with Crippen LogP contribution in [0.15, 0.2) is 22.7 Å². The van der Waals surface area contributed by atoms with Gasteiger partial charge in [0.2, 0.25) is 0 Å². The zero-order valence-corrected chi connectivity index (χ0v) is 10.4. The molecule has 4 nitrogen and oxygen atoms in total. The Labute approximate surface area is 102 Å². The summed E-state index contributed by atoms with van der Waals surface area (Å²) in [4.78, 5) is 21.9. The molecule has 1 amide bonds. The van der Waals surface area contributed by atoms with Gasteiger partial charge in [0, 0.05) is 16.6 Å². The minimum atomic E-state index is -0.923. The Morgan fingerprint density at radius 3 is 2.69 bits per heavy atom. The van der Waals surface area contributed by atoms with Crippen LogP contribution in [0, 0.1) is 6.92 Å². The summed E-state index contributed by atoms with van der Waals surface area (Å²) >= 11 is 3.31. The van der Waals surface area contributed by atoms with E-state index in [2.05, 4.69) is 21.2 Å². The van der Waals surface area contributed by atoms with Crippen LogP contribution in [0.25, 0.3) is 0 Å². The van der Waals surface area contributed by atoms with Crippen LogP contribution in [0.2, 0.25) is 0 Å². The van der Waals surface area contributed by atoms with Crippen LogP contribution in [-0.2, 0) is 4.79 Å². The summed E-state index contributed by atoms with van der Waals surface area (Å²) in [7, 11) is 0. The topological polar surface area (TPSA) is 66.4 Å². The first-order valence-electron chi connectivity index (χ1n) is 4.77. The summed E-state index contributed by atoms with van der Waals surface area (Å²) in [6.45, 7) is 1.97. The lowest BCUT2D eigenvalue weighted by Gasteiger charge is -2.06. The van der Waals surface area contributed by atoms with E-state index in [9.17, 15) is 9.59 Å². The third kappa shape index (κ3) is 3.66. The molecule has 0 aliphatic rings. The SMILES string of the molecule is Cc1cc(Br)ccc1C(=O)NCCC(=O)O. The quantitative estimate of drug-likeness (QED) is 0.889. The number of carbonyl (C=O) groups excluding carboxylic acids is 1. The van der Waals surface area contributed by atoms with Crippen LogP contribution in [0.3, 0.4) is 0 Å². The zero-order valence-electron chi connectivity index (χ0n) is 8.79. The van der Waals surface area contributed by atoms with Crippen molar-refractivity contribution in [2.75, 3.05) is 6.54 Å². The maximum Gasteiger partial charge on any atom is 0.305 e. The Bertz CT molecular complexity index is 418. The van der Waals surface area contributed by atoms with Gasteiger partial charge in [-0.05, 0) is 30.7 Å². The number of aliphatic carboxylic acids is 1. The van der Waals surface area contributed by atoms with Gasteiger partial charge < -0.3 is 10.4 Å². The van der Waals surface area contributed by atoms with Crippen molar-refractivity contribution in [1.82, 2.24) is 5.32 Å². The average molecular weight is 286 g/mol. The standard InChI is InChI=1S/C11H12BrNO3/c1-7-6-8(12)2-3-9(7)11(16)13-5-4-10(14)15/h2-3,6H,4-5H2,1H3,(H,13,16)(H,14,15). The molecule has 0 saturated heterocycles. The molecule has 2 N–H and O–H groups in total. The molecule has 0 unspecified atom stereocenters. The molecule has 1 aromatic rings. The number of aryl methyl sites for hydroxylation is 1. The van der Waals surface area contributed by atoms with E-state index in [1.54, 1.807) is 12.1 Å². The van der Waals surface area contributed by atoms with E-state index < -0.39 is 5.97 Å². The molecule has 0 bridgehead atoms. The lowest BCUT2D eigenvalue weighted by Crippen LogP contribution is -2.26. The molecule has 0 spiro atoms. The van der Waals surface area contributed by atoms with Crippen LogP contribution in [-0.4, -0.2) is 23.5 Å². The van der Waals surface area contributed by atoms with Gasteiger partial charge in [-0.15, -0.1) is 0 Å². The molecular weight excluding hydrogens is 274 g/mol. The highest BCUT2D eigenvalue weighted by atomic mass is 79.9. The molecular formula is C11H12BrNO3. The lowest BCUT2D eigenvalue weighted by atomic mass is 10.1. The third-order valence-electron chi connectivity index (χ3n) is 2.06. The van der Waals surface area contributed by atoms with Gasteiger partial charge in [0.25, 0.3) is 5.91 Å². The van der Waals surface area contributed by atoms with Crippen molar-refractivity contribution in [3.05, 3.63) is 33.8 Å². The highest BCUT2D eigenvalue weighted by Gasteiger charge is 2.08. The highest BCUT2D eigenvalue weighted by Crippen LogP contribution is 2.15. The fourth-order valence-corrected chi connectivity index (χ4v) is 1.74. The van der Waals surface area contributed by atoms with Gasteiger partial charge in [0.1, 0.15) is 0 Å². The summed E-state index contributed by atoms with van der Waals surface area (Å²) in [5, 5.41) is 11.0. The first-order chi connectivity index (χ1) is 7.50. The van der Waals surface area contributed by atoms with Gasteiger partial charge >= 0.3 is 5.97 Å². The van der Waals surface area contributed by atoms with Crippen molar-refractivity contribution in [2.45, 2.75) is 13.3 Å². The van der Waals surface area contributed by atoms with Gasteiger partial charge in [-0.2, -0.15) is 0 Å². The first kappa shape index (κ1) is 12.7. The number of halogens is 1. The minimum absolute atomic E-state index is 0.0681. The number of amides is 1. The second-order valence-electron chi connectivity index (χ2n) is 3.36. The maximum atomic E-state index is 11.6. The van der Waals surface area contributed by atoms with Crippen molar-refractivity contribution in [1.29, 1.82) is 0 Å². The molecule has 0 heterocycles. The van der Waals surface area contributed by atoms with Gasteiger partial charge in [-0.3, -0.25) is 9.59 Å². The Hall–Kier alpha value is -1.36. The summed E-state index contributed by atoms with van der Waals surface area (Å²) in [6, 6.07) is 5.32. The second kappa shape index (κ2) is 5.65. The van der Waals surface area contributed by atoms with Crippen molar-refractivity contribution in [3.8, 4) is 0 Å². The molecule has 1 aromatic carbocycles. The fraction of sp³-hybridized carbons (Fsp3) is 0.273. The van der Waals surface area contributed by atoms with Crippen molar-refractivity contribution < 1.29 is 14.7 Å². The van der Waals surface area contributed by atoms with Crippen molar-refractivity contribution in [2.24, 2.45) is 0 Å². The van der Waals surface area contributed by atoms with E-state index in [-0.39, 0.29) is 18.9 Å². The average Bonchev–Trinajstić information content (AvgIpc) is 2.16. The van der Waals surface area contributed by atoms with Crippen LogP contribution < -0.4 is 5.32 Å². The van der Waals surface area contributed by atoms with Crippen LogP contribution in [0.4, 0.5) is 0 Å². The zero-order chi connectivity index (χ0) is 12.1. The summed E-state index contributed by atoms with van der Waals surface area (Å²) < 4.78 is 0.909. The smallest absolute Gasteiger partial charge is 0.305 e. The van der Waals surface area contributed by atoms with E-state index in [4.69, 9.17) is 5.11 Å². The van der Waals surface area contributed by atoms with E-state index >= 15 is 0 Å². The number of benzene rings is 1. The minimum Gasteiger partial charge on any atom is -0.481 e. The van der Waals surface area contributed by atoms with Crippen molar-refractivity contribution >= 4 is 27.8 Å². The maximum absolute atomic E-state index is 11.6. The predicted molar refractivity (Wildman–Crippen MR) is 63.5 cm³/mol. The molecule has 0 aromatic heterocycles.